The molecule has 0 bridgehead atoms. The Bertz CT molecular complexity index is 341. The summed E-state index contributed by atoms with van der Waals surface area (Å²) in [4.78, 5) is 4.66. The minimum Gasteiger partial charge on any atom is -0.390 e. The standard InChI is InChI=1S/C15H30N2O2S/c1-13-4-6-16(7-5-13)10-14(18)11-17-8-9-20(19)15(2,3)12-17/h13-14,18H,4-12H2,1-3H3. The second kappa shape index (κ2) is 6.86. The highest BCUT2D eigenvalue weighted by Crippen LogP contribution is 2.21. The molecular weight excluding hydrogens is 272 g/mol. The number of β-amino-alcohol motifs (C(OH)–C–C–N with tert-alkyl or cyclic N) is 1. The molecule has 0 saturated carbocycles. The number of aliphatic hydroxyl groups excluding tert-OH is 1. The fourth-order valence-electron chi connectivity index (χ4n) is 3.23. The lowest BCUT2D eigenvalue weighted by atomic mass is 9.99. The van der Waals surface area contributed by atoms with Gasteiger partial charge in [-0.05, 0) is 45.7 Å². The summed E-state index contributed by atoms with van der Waals surface area (Å²) in [6.45, 7) is 11.9. The second-order valence-corrected chi connectivity index (χ2v) is 9.39. The Morgan fingerprint density at radius 3 is 2.40 bits per heavy atom. The summed E-state index contributed by atoms with van der Waals surface area (Å²) < 4.78 is 11.8. The van der Waals surface area contributed by atoms with Crippen LogP contribution in [-0.4, -0.2) is 75.0 Å². The van der Waals surface area contributed by atoms with Crippen LogP contribution in [0, 0.1) is 5.92 Å². The molecule has 2 atom stereocenters. The van der Waals surface area contributed by atoms with E-state index >= 15 is 0 Å². The van der Waals surface area contributed by atoms with Crippen LogP contribution >= 0.6 is 0 Å². The largest absolute Gasteiger partial charge is 0.390 e. The number of aliphatic hydroxyl groups is 1. The van der Waals surface area contributed by atoms with Crippen LogP contribution in [0.2, 0.25) is 0 Å². The van der Waals surface area contributed by atoms with Crippen LogP contribution in [0.15, 0.2) is 0 Å². The third-order valence-corrected chi connectivity index (χ3v) is 6.54. The predicted molar refractivity (Wildman–Crippen MR) is 84.4 cm³/mol. The lowest BCUT2D eigenvalue weighted by Crippen LogP contribution is -2.53. The lowest BCUT2D eigenvalue weighted by molar-refractivity contribution is 0.0596. The summed E-state index contributed by atoms with van der Waals surface area (Å²) >= 11 is 0. The Morgan fingerprint density at radius 1 is 1.20 bits per heavy atom. The van der Waals surface area contributed by atoms with Crippen LogP contribution in [0.4, 0.5) is 0 Å². The van der Waals surface area contributed by atoms with Crippen molar-refractivity contribution in [2.45, 2.75) is 44.5 Å². The normalized spacial score (nSPS) is 31.3. The molecule has 4 nitrogen and oxygen atoms in total. The molecule has 0 aliphatic carbocycles. The Labute approximate surface area is 126 Å². The van der Waals surface area contributed by atoms with Crippen molar-refractivity contribution in [2.75, 3.05) is 45.0 Å². The molecule has 2 aliphatic heterocycles. The summed E-state index contributed by atoms with van der Waals surface area (Å²) in [5.41, 5.74) is 0. The van der Waals surface area contributed by atoms with Gasteiger partial charge >= 0.3 is 0 Å². The molecule has 0 aromatic heterocycles. The molecule has 0 aromatic carbocycles. The average molecular weight is 302 g/mol. The van der Waals surface area contributed by atoms with Gasteiger partial charge in [-0.3, -0.25) is 9.11 Å². The lowest BCUT2D eigenvalue weighted by Gasteiger charge is -2.39. The van der Waals surface area contributed by atoms with Gasteiger partial charge in [0.05, 0.1) is 10.9 Å². The van der Waals surface area contributed by atoms with E-state index in [0.29, 0.717) is 6.54 Å². The maximum Gasteiger partial charge on any atom is 0.0793 e. The van der Waals surface area contributed by atoms with Crippen LogP contribution in [0.25, 0.3) is 0 Å². The molecule has 0 aromatic rings. The van der Waals surface area contributed by atoms with Crippen molar-refractivity contribution >= 4 is 10.8 Å². The van der Waals surface area contributed by atoms with Crippen molar-refractivity contribution in [1.82, 2.24) is 9.80 Å². The summed E-state index contributed by atoms with van der Waals surface area (Å²) in [5.74, 6) is 1.57. The smallest absolute Gasteiger partial charge is 0.0793 e. The highest BCUT2D eigenvalue weighted by atomic mass is 32.2. The zero-order valence-electron chi connectivity index (χ0n) is 13.2. The molecule has 2 aliphatic rings. The van der Waals surface area contributed by atoms with Crippen LogP contribution in [0.5, 0.6) is 0 Å². The molecule has 2 fully saturated rings. The summed E-state index contributed by atoms with van der Waals surface area (Å²) in [5, 5.41) is 10.3. The topological polar surface area (TPSA) is 43.8 Å². The first-order valence-electron chi connectivity index (χ1n) is 7.88. The minimum absolute atomic E-state index is 0.140. The van der Waals surface area contributed by atoms with Crippen LogP contribution < -0.4 is 0 Å². The molecule has 5 heteroatoms. The number of nitrogens with zero attached hydrogens (tertiary/aromatic N) is 2. The van der Waals surface area contributed by atoms with Crippen molar-refractivity contribution in [1.29, 1.82) is 0 Å². The van der Waals surface area contributed by atoms with Gasteiger partial charge in [-0.25, -0.2) is 0 Å². The third-order valence-electron chi connectivity index (χ3n) is 4.63. The quantitative estimate of drug-likeness (QED) is 0.839. The Balaban J connectivity index is 1.74. The first kappa shape index (κ1) is 16.4. The maximum atomic E-state index is 11.9. The van der Waals surface area contributed by atoms with E-state index in [2.05, 4.69) is 30.6 Å². The molecule has 118 valence electrons. The summed E-state index contributed by atoms with van der Waals surface area (Å²) in [6.07, 6.45) is 2.22. The van der Waals surface area contributed by atoms with Gasteiger partial charge in [-0.1, -0.05) is 6.92 Å². The molecule has 0 radical (unpaired) electrons. The van der Waals surface area contributed by atoms with Crippen molar-refractivity contribution < 1.29 is 9.32 Å². The van der Waals surface area contributed by atoms with E-state index in [1.54, 1.807) is 0 Å². The van der Waals surface area contributed by atoms with Gasteiger partial charge < -0.3 is 10.0 Å². The summed E-state index contributed by atoms with van der Waals surface area (Å²) in [7, 11) is -0.730. The molecular formula is C15H30N2O2S. The molecule has 0 spiro atoms. The summed E-state index contributed by atoms with van der Waals surface area (Å²) in [6, 6.07) is 0. The molecule has 20 heavy (non-hydrogen) atoms. The van der Waals surface area contributed by atoms with E-state index in [1.807, 2.05) is 0 Å². The molecule has 2 rings (SSSR count). The number of hydrogen-bond acceptors (Lipinski definition) is 4. The van der Waals surface area contributed by atoms with Gasteiger partial charge in [0.2, 0.25) is 0 Å². The second-order valence-electron chi connectivity index (χ2n) is 7.18. The Kier molecular flexibility index (Phi) is 5.63. The van der Waals surface area contributed by atoms with Crippen LogP contribution in [0.1, 0.15) is 33.6 Å². The van der Waals surface area contributed by atoms with E-state index in [1.165, 1.54) is 12.8 Å². The Morgan fingerprint density at radius 2 is 1.80 bits per heavy atom. The number of piperidine rings is 1. The zero-order valence-corrected chi connectivity index (χ0v) is 14.0. The van der Waals surface area contributed by atoms with E-state index < -0.39 is 10.8 Å². The predicted octanol–water partition coefficient (Wildman–Crippen LogP) is 0.922. The van der Waals surface area contributed by atoms with Crippen LogP contribution in [0.3, 0.4) is 0 Å². The monoisotopic (exact) mass is 302 g/mol. The number of rotatable bonds is 4. The maximum absolute atomic E-state index is 11.9. The molecule has 1 N–H and O–H groups in total. The average Bonchev–Trinajstić information content (AvgIpc) is 2.36. The first-order valence-corrected chi connectivity index (χ1v) is 9.20. The molecule has 2 heterocycles. The fraction of sp³-hybridized carbons (Fsp3) is 1.00. The van der Waals surface area contributed by atoms with Gasteiger partial charge in [-0.15, -0.1) is 0 Å². The van der Waals surface area contributed by atoms with Gasteiger partial charge in [0, 0.05) is 42.7 Å². The van der Waals surface area contributed by atoms with Gasteiger partial charge in [0.1, 0.15) is 0 Å². The number of hydrogen-bond donors (Lipinski definition) is 1. The molecule has 2 saturated heterocycles. The van der Waals surface area contributed by atoms with E-state index in [-0.39, 0.29) is 10.9 Å². The van der Waals surface area contributed by atoms with Gasteiger partial charge in [0.25, 0.3) is 0 Å². The molecule has 0 amide bonds. The van der Waals surface area contributed by atoms with E-state index in [4.69, 9.17) is 0 Å². The Hall–Kier alpha value is 0.0300. The highest BCUT2D eigenvalue weighted by Gasteiger charge is 2.33. The number of likely N-dealkylation sites (tertiary alicyclic amines) is 1. The first-order chi connectivity index (χ1) is 9.37. The third kappa shape index (κ3) is 4.52. The van der Waals surface area contributed by atoms with Crippen LogP contribution in [-0.2, 0) is 10.8 Å². The minimum atomic E-state index is -0.730. The fourth-order valence-corrected chi connectivity index (χ4v) is 4.54. The highest BCUT2D eigenvalue weighted by molar-refractivity contribution is 7.86. The van der Waals surface area contributed by atoms with E-state index in [0.717, 1.165) is 44.4 Å². The zero-order chi connectivity index (χ0) is 14.8. The molecule has 2 unspecified atom stereocenters. The SMILES string of the molecule is CC1CCN(CC(O)CN2CCS(=O)C(C)(C)C2)CC1. The van der Waals surface area contributed by atoms with Gasteiger partial charge in [0.15, 0.2) is 0 Å². The van der Waals surface area contributed by atoms with E-state index in [9.17, 15) is 9.32 Å². The van der Waals surface area contributed by atoms with Crippen molar-refractivity contribution in [3.8, 4) is 0 Å². The van der Waals surface area contributed by atoms with Gasteiger partial charge in [-0.2, -0.15) is 0 Å². The van der Waals surface area contributed by atoms with Crippen molar-refractivity contribution in [2.24, 2.45) is 5.92 Å². The van der Waals surface area contributed by atoms with Crippen molar-refractivity contribution in [3.63, 3.8) is 0 Å². The van der Waals surface area contributed by atoms with Crippen molar-refractivity contribution in [3.05, 3.63) is 0 Å².